The third-order valence-corrected chi connectivity index (χ3v) is 5.34. The summed E-state index contributed by atoms with van der Waals surface area (Å²) in [7, 11) is -2.12. The van der Waals surface area contributed by atoms with Crippen LogP contribution in [0.15, 0.2) is 54.6 Å². The molecule has 0 spiro atoms. The lowest BCUT2D eigenvalue weighted by Crippen LogP contribution is -2.38. The van der Waals surface area contributed by atoms with E-state index >= 15 is 0 Å². The third kappa shape index (κ3) is 4.76. The molecule has 23 heavy (non-hydrogen) atoms. The second-order valence-electron chi connectivity index (χ2n) is 5.09. The topological polar surface area (TPSA) is 66.5 Å². The number of rotatable bonds is 5. The molecule has 2 rings (SSSR count). The highest BCUT2D eigenvalue weighted by Crippen LogP contribution is 2.24. The molecule has 0 aliphatic heterocycles. The molecule has 0 unspecified atom stereocenters. The lowest BCUT2D eigenvalue weighted by atomic mass is 10.1. The first-order valence-electron chi connectivity index (χ1n) is 6.83. The summed E-state index contributed by atoms with van der Waals surface area (Å²) in [6.07, 6.45) is 1.08. The number of carbonyl (C=O) groups excluding carboxylic acids is 1. The molecule has 0 fully saturated rings. The van der Waals surface area contributed by atoms with E-state index in [1.54, 1.807) is 36.4 Å². The molecule has 122 valence electrons. The van der Waals surface area contributed by atoms with E-state index in [1.165, 1.54) is 7.05 Å². The van der Waals surface area contributed by atoms with E-state index in [4.69, 9.17) is 0 Å². The first kappa shape index (κ1) is 17.9. The van der Waals surface area contributed by atoms with Gasteiger partial charge in [0.15, 0.2) is 0 Å². The summed E-state index contributed by atoms with van der Waals surface area (Å²) in [4.78, 5) is 12.7. The van der Waals surface area contributed by atoms with Crippen molar-refractivity contribution in [2.24, 2.45) is 0 Å². The lowest BCUT2D eigenvalue weighted by molar-refractivity contribution is -0.119. The number of sulfonamides is 1. The van der Waals surface area contributed by atoms with E-state index in [0.717, 1.165) is 14.1 Å². The fourth-order valence-corrected chi connectivity index (χ4v) is 3.06. The highest BCUT2D eigenvalue weighted by Gasteiger charge is 2.30. The van der Waals surface area contributed by atoms with E-state index < -0.39 is 22.0 Å². The van der Waals surface area contributed by atoms with E-state index in [-0.39, 0.29) is 0 Å². The van der Waals surface area contributed by atoms with Gasteiger partial charge in [-0.1, -0.05) is 30.3 Å². The zero-order chi connectivity index (χ0) is 17.0. The highest BCUT2D eigenvalue weighted by molar-refractivity contribution is 14.1. The number of halogens is 1. The fourth-order valence-electron chi connectivity index (χ4n) is 2.10. The number of likely N-dealkylation sites (N-methyl/N-ethyl adjacent to an activating group) is 1. The van der Waals surface area contributed by atoms with Crippen molar-refractivity contribution in [2.45, 2.75) is 6.04 Å². The summed E-state index contributed by atoms with van der Waals surface area (Å²) < 4.78 is 25.9. The van der Waals surface area contributed by atoms with Crippen molar-refractivity contribution in [1.82, 2.24) is 4.31 Å². The van der Waals surface area contributed by atoms with Gasteiger partial charge in [-0.3, -0.25) is 4.79 Å². The molecule has 0 radical (unpaired) electrons. The Bertz CT molecular complexity index is 777. The van der Waals surface area contributed by atoms with E-state index in [2.05, 4.69) is 27.9 Å². The average molecular weight is 444 g/mol. The van der Waals surface area contributed by atoms with Crippen LogP contribution < -0.4 is 5.32 Å². The molecule has 1 amide bonds. The number of hydrogen-bond acceptors (Lipinski definition) is 3. The molecule has 0 saturated carbocycles. The number of carbonyl (C=O) groups is 1. The lowest BCUT2D eigenvalue weighted by Gasteiger charge is -2.25. The van der Waals surface area contributed by atoms with Gasteiger partial charge in [0.25, 0.3) is 0 Å². The van der Waals surface area contributed by atoms with Crippen molar-refractivity contribution in [2.75, 3.05) is 18.6 Å². The SMILES string of the molecule is CN([C@H](C(=O)Nc1ccc(I)cc1)c1ccccc1)S(C)(=O)=O. The Balaban J connectivity index is 2.33. The van der Waals surface area contributed by atoms with Gasteiger partial charge in [0.2, 0.25) is 15.9 Å². The van der Waals surface area contributed by atoms with Crippen LogP contribution in [0.25, 0.3) is 0 Å². The monoisotopic (exact) mass is 444 g/mol. The van der Waals surface area contributed by atoms with Crippen molar-refractivity contribution in [3.63, 3.8) is 0 Å². The number of anilines is 1. The average Bonchev–Trinajstić information content (AvgIpc) is 2.50. The van der Waals surface area contributed by atoms with Crippen molar-refractivity contribution < 1.29 is 13.2 Å². The molecule has 5 nitrogen and oxygen atoms in total. The van der Waals surface area contributed by atoms with Gasteiger partial charge >= 0.3 is 0 Å². The Labute approximate surface area is 149 Å². The number of nitrogens with zero attached hydrogens (tertiary/aromatic N) is 1. The second-order valence-corrected chi connectivity index (χ2v) is 8.38. The summed E-state index contributed by atoms with van der Waals surface area (Å²) in [6.45, 7) is 0. The van der Waals surface area contributed by atoms with Gasteiger partial charge in [-0.15, -0.1) is 0 Å². The molecular weight excluding hydrogens is 427 g/mol. The largest absolute Gasteiger partial charge is 0.324 e. The van der Waals surface area contributed by atoms with Crippen LogP contribution >= 0.6 is 22.6 Å². The Hall–Kier alpha value is -1.45. The maximum Gasteiger partial charge on any atom is 0.247 e. The maximum absolute atomic E-state index is 12.7. The number of nitrogens with one attached hydrogen (secondary N) is 1. The van der Waals surface area contributed by atoms with Gasteiger partial charge in [0.05, 0.1) is 6.26 Å². The van der Waals surface area contributed by atoms with Gasteiger partial charge in [-0.25, -0.2) is 8.42 Å². The molecule has 2 aromatic carbocycles. The van der Waals surface area contributed by atoms with Crippen LogP contribution in [0, 0.1) is 3.57 Å². The van der Waals surface area contributed by atoms with Crippen LogP contribution in [0.4, 0.5) is 5.69 Å². The van der Waals surface area contributed by atoms with Gasteiger partial charge in [-0.2, -0.15) is 4.31 Å². The Morgan fingerprint density at radius 2 is 1.65 bits per heavy atom. The van der Waals surface area contributed by atoms with Crippen molar-refractivity contribution in [1.29, 1.82) is 0 Å². The van der Waals surface area contributed by atoms with Crippen molar-refractivity contribution in [3.05, 3.63) is 63.7 Å². The predicted molar refractivity (Wildman–Crippen MR) is 99.6 cm³/mol. The smallest absolute Gasteiger partial charge is 0.247 e. The molecule has 0 aromatic heterocycles. The summed E-state index contributed by atoms with van der Waals surface area (Å²) in [5, 5.41) is 2.77. The van der Waals surface area contributed by atoms with E-state index in [0.29, 0.717) is 11.3 Å². The predicted octanol–water partition coefficient (Wildman–Crippen LogP) is 2.86. The number of benzene rings is 2. The minimum Gasteiger partial charge on any atom is -0.324 e. The van der Waals surface area contributed by atoms with Crippen LogP contribution in [0.3, 0.4) is 0 Å². The molecule has 0 heterocycles. The molecule has 7 heteroatoms. The van der Waals surface area contributed by atoms with E-state index in [1.807, 2.05) is 18.2 Å². The standard InChI is InChI=1S/C16H17IN2O3S/c1-19(23(2,21)22)15(12-6-4-3-5-7-12)16(20)18-14-10-8-13(17)9-11-14/h3-11,15H,1-2H3,(H,18,20)/t15-/m0/s1. The van der Waals surface area contributed by atoms with Crippen molar-refractivity contribution >= 4 is 44.2 Å². The molecule has 2 aromatic rings. The molecule has 0 saturated heterocycles. The minimum atomic E-state index is -3.52. The second kappa shape index (κ2) is 7.41. The minimum absolute atomic E-state index is 0.398. The van der Waals surface area contributed by atoms with Gasteiger partial charge < -0.3 is 5.32 Å². The first-order chi connectivity index (χ1) is 10.8. The Morgan fingerprint density at radius 3 is 2.17 bits per heavy atom. The first-order valence-corrected chi connectivity index (χ1v) is 9.76. The fraction of sp³-hybridized carbons (Fsp3) is 0.188. The summed E-state index contributed by atoms with van der Waals surface area (Å²) in [5.41, 5.74) is 1.24. The van der Waals surface area contributed by atoms with Gasteiger partial charge in [-0.05, 0) is 52.4 Å². The maximum atomic E-state index is 12.7. The molecular formula is C16H17IN2O3S. The molecule has 0 aliphatic rings. The van der Waals surface area contributed by atoms with Crippen LogP contribution in [0.5, 0.6) is 0 Å². The number of amides is 1. The molecule has 0 aliphatic carbocycles. The molecule has 1 atom stereocenters. The highest BCUT2D eigenvalue weighted by atomic mass is 127. The summed E-state index contributed by atoms with van der Waals surface area (Å²) >= 11 is 2.17. The van der Waals surface area contributed by atoms with E-state index in [9.17, 15) is 13.2 Å². The quantitative estimate of drug-likeness (QED) is 0.722. The zero-order valence-corrected chi connectivity index (χ0v) is 15.7. The summed E-state index contributed by atoms with van der Waals surface area (Å²) in [5.74, 6) is -0.398. The zero-order valence-electron chi connectivity index (χ0n) is 12.7. The number of hydrogen-bond donors (Lipinski definition) is 1. The van der Waals surface area contributed by atoms with Crippen LogP contribution in [-0.4, -0.2) is 31.9 Å². The van der Waals surface area contributed by atoms with Gasteiger partial charge in [0.1, 0.15) is 6.04 Å². The van der Waals surface area contributed by atoms with Crippen LogP contribution in [-0.2, 0) is 14.8 Å². The molecule has 1 N–H and O–H groups in total. The molecule has 0 bridgehead atoms. The Kier molecular flexibility index (Phi) is 5.77. The van der Waals surface area contributed by atoms with Crippen molar-refractivity contribution in [3.8, 4) is 0 Å². The normalized spacial score (nSPS) is 12.9. The van der Waals surface area contributed by atoms with Crippen LogP contribution in [0.2, 0.25) is 0 Å². The van der Waals surface area contributed by atoms with Gasteiger partial charge in [0, 0.05) is 16.3 Å². The third-order valence-electron chi connectivity index (χ3n) is 3.36. The summed E-state index contributed by atoms with van der Waals surface area (Å²) in [6, 6.07) is 15.2. The Morgan fingerprint density at radius 1 is 1.09 bits per heavy atom. The van der Waals surface area contributed by atoms with Crippen LogP contribution in [0.1, 0.15) is 11.6 Å².